The second-order valence-corrected chi connectivity index (χ2v) is 6.68. The van der Waals surface area contributed by atoms with Crippen molar-refractivity contribution in [3.63, 3.8) is 0 Å². The predicted octanol–water partition coefficient (Wildman–Crippen LogP) is 4.86. The van der Waals surface area contributed by atoms with Crippen LogP contribution in [0, 0.1) is 0 Å². The van der Waals surface area contributed by atoms with Crippen LogP contribution in [0.15, 0.2) is 72.9 Å². The van der Waals surface area contributed by atoms with Crippen LogP contribution >= 0.6 is 11.6 Å². The average Bonchev–Trinajstić information content (AvgIpc) is 2.74. The molecule has 2 amide bonds. The largest absolute Gasteiger partial charge is 0.492 e. The molecule has 150 valence electrons. The summed E-state index contributed by atoms with van der Waals surface area (Å²) in [6, 6.07) is 20.0. The molecule has 0 aliphatic heterocycles. The monoisotopic (exact) mass is 411 g/mol. The molecule has 1 aromatic heterocycles. The first-order valence-electron chi connectivity index (χ1n) is 9.14. The van der Waals surface area contributed by atoms with Gasteiger partial charge in [-0.3, -0.25) is 4.98 Å². The van der Waals surface area contributed by atoms with Crippen molar-refractivity contribution in [2.45, 2.75) is 6.61 Å². The van der Waals surface area contributed by atoms with Gasteiger partial charge >= 0.3 is 6.03 Å². The number of pyridine rings is 1. The number of anilines is 1. The van der Waals surface area contributed by atoms with Crippen LogP contribution in [0.1, 0.15) is 5.69 Å². The van der Waals surface area contributed by atoms with Gasteiger partial charge in [0.05, 0.1) is 17.3 Å². The first-order chi connectivity index (χ1) is 14.1. The third-order valence-electron chi connectivity index (χ3n) is 4.07. The minimum atomic E-state index is -0.250. The lowest BCUT2D eigenvalue weighted by molar-refractivity contribution is 0.207. The summed E-state index contributed by atoms with van der Waals surface area (Å²) in [5.74, 6) is 1.30. The number of urea groups is 1. The maximum absolute atomic E-state index is 12.3. The first-order valence-corrected chi connectivity index (χ1v) is 9.52. The standard InChI is InChI=1S/C22H22ClN3O3/c1-26(13-14-28-19-8-3-2-4-9-19)22(27)25-17-10-11-21(20(23)15-17)29-16-18-7-5-6-12-24-18/h2-12,15H,13-14,16H2,1H3,(H,25,27). The lowest BCUT2D eigenvalue weighted by Gasteiger charge is -2.18. The Kier molecular flexibility index (Phi) is 7.30. The summed E-state index contributed by atoms with van der Waals surface area (Å²) in [5, 5.41) is 3.22. The number of halogens is 1. The molecule has 0 atom stereocenters. The van der Waals surface area contributed by atoms with Gasteiger partial charge in [-0.2, -0.15) is 0 Å². The van der Waals surface area contributed by atoms with Gasteiger partial charge in [-0.15, -0.1) is 0 Å². The van der Waals surface area contributed by atoms with E-state index < -0.39 is 0 Å². The summed E-state index contributed by atoms with van der Waals surface area (Å²) in [4.78, 5) is 18.1. The number of hydrogen-bond donors (Lipinski definition) is 1. The van der Waals surface area contributed by atoms with Crippen LogP contribution in [0.5, 0.6) is 11.5 Å². The Morgan fingerprint density at radius 3 is 2.59 bits per heavy atom. The number of likely N-dealkylation sites (N-methyl/N-ethyl adjacent to an activating group) is 1. The Balaban J connectivity index is 1.47. The summed E-state index contributed by atoms with van der Waals surface area (Å²) in [6.07, 6.45) is 1.71. The zero-order valence-corrected chi connectivity index (χ0v) is 16.8. The highest BCUT2D eigenvalue weighted by Crippen LogP contribution is 2.28. The summed E-state index contributed by atoms with van der Waals surface area (Å²) < 4.78 is 11.3. The number of rotatable bonds is 8. The lowest BCUT2D eigenvalue weighted by atomic mass is 10.3. The van der Waals surface area contributed by atoms with E-state index in [1.807, 2.05) is 48.5 Å². The zero-order valence-electron chi connectivity index (χ0n) is 16.0. The van der Waals surface area contributed by atoms with Crippen molar-refractivity contribution in [2.24, 2.45) is 0 Å². The number of nitrogens with zero attached hydrogens (tertiary/aromatic N) is 2. The van der Waals surface area contributed by atoms with Crippen molar-refractivity contribution in [3.05, 3.63) is 83.6 Å². The number of carbonyl (C=O) groups excluding carboxylic acids is 1. The molecule has 0 bridgehead atoms. The molecule has 6 nitrogen and oxygen atoms in total. The Labute approximate surface area is 175 Å². The van der Waals surface area contributed by atoms with Crippen molar-refractivity contribution >= 4 is 23.3 Å². The number of nitrogens with one attached hydrogen (secondary N) is 1. The minimum absolute atomic E-state index is 0.250. The highest BCUT2D eigenvalue weighted by molar-refractivity contribution is 6.32. The fraction of sp³-hybridized carbons (Fsp3) is 0.182. The summed E-state index contributed by atoms with van der Waals surface area (Å²) in [7, 11) is 1.70. The smallest absolute Gasteiger partial charge is 0.321 e. The van der Waals surface area contributed by atoms with E-state index in [1.54, 1.807) is 36.3 Å². The Morgan fingerprint density at radius 1 is 1.07 bits per heavy atom. The number of para-hydroxylation sites is 1. The van der Waals surface area contributed by atoms with Crippen LogP contribution in [0.2, 0.25) is 5.02 Å². The number of ether oxygens (including phenoxy) is 2. The van der Waals surface area contributed by atoms with Crippen LogP contribution in [0.3, 0.4) is 0 Å². The molecule has 2 aromatic carbocycles. The van der Waals surface area contributed by atoms with Gasteiger partial charge < -0.3 is 19.7 Å². The Morgan fingerprint density at radius 2 is 1.86 bits per heavy atom. The molecular weight excluding hydrogens is 390 g/mol. The molecule has 3 aromatic rings. The SMILES string of the molecule is CN(CCOc1ccccc1)C(=O)Nc1ccc(OCc2ccccn2)c(Cl)c1. The Bertz CT molecular complexity index is 923. The molecule has 0 aliphatic carbocycles. The van der Waals surface area contributed by atoms with Gasteiger partial charge in [-0.25, -0.2) is 4.79 Å². The molecule has 7 heteroatoms. The van der Waals surface area contributed by atoms with Gasteiger partial charge in [0.25, 0.3) is 0 Å². The molecule has 0 fully saturated rings. The molecule has 1 N–H and O–H groups in total. The number of carbonyl (C=O) groups is 1. The van der Waals surface area contributed by atoms with Crippen LogP contribution in [-0.4, -0.2) is 36.1 Å². The number of aromatic nitrogens is 1. The van der Waals surface area contributed by atoms with Gasteiger partial charge in [0.2, 0.25) is 0 Å². The van der Waals surface area contributed by atoms with Crippen LogP contribution < -0.4 is 14.8 Å². The van der Waals surface area contributed by atoms with E-state index in [2.05, 4.69) is 10.3 Å². The van der Waals surface area contributed by atoms with Crippen LogP contribution in [0.4, 0.5) is 10.5 Å². The molecule has 3 rings (SSSR count). The maximum atomic E-state index is 12.3. The van der Waals surface area contributed by atoms with Crippen LogP contribution in [-0.2, 0) is 6.61 Å². The highest BCUT2D eigenvalue weighted by atomic mass is 35.5. The molecule has 29 heavy (non-hydrogen) atoms. The van der Waals surface area contributed by atoms with Crippen molar-refractivity contribution in [1.29, 1.82) is 0 Å². The average molecular weight is 412 g/mol. The van der Waals surface area contributed by atoms with E-state index in [0.717, 1.165) is 11.4 Å². The van der Waals surface area contributed by atoms with E-state index in [0.29, 0.717) is 36.2 Å². The predicted molar refractivity (Wildman–Crippen MR) is 114 cm³/mol. The number of hydrogen-bond acceptors (Lipinski definition) is 4. The second kappa shape index (κ2) is 10.3. The van der Waals surface area contributed by atoms with E-state index >= 15 is 0 Å². The molecule has 0 spiro atoms. The normalized spacial score (nSPS) is 10.3. The maximum Gasteiger partial charge on any atom is 0.321 e. The topological polar surface area (TPSA) is 63.7 Å². The summed E-state index contributed by atoms with van der Waals surface area (Å²) in [5.41, 5.74) is 1.39. The minimum Gasteiger partial charge on any atom is -0.492 e. The lowest BCUT2D eigenvalue weighted by Crippen LogP contribution is -2.34. The zero-order chi connectivity index (χ0) is 20.5. The van der Waals surface area contributed by atoms with Crippen molar-refractivity contribution in [3.8, 4) is 11.5 Å². The van der Waals surface area contributed by atoms with Gasteiger partial charge in [-0.1, -0.05) is 35.9 Å². The van der Waals surface area contributed by atoms with E-state index in [-0.39, 0.29) is 6.03 Å². The number of benzene rings is 2. The van der Waals surface area contributed by atoms with E-state index in [4.69, 9.17) is 21.1 Å². The fourth-order valence-electron chi connectivity index (χ4n) is 2.47. The molecule has 1 heterocycles. The fourth-order valence-corrected chi connectivity index (χ4v) is 2.70. The van der Waals surface area contributed by atoms with Gasteiger partial charge in [-0.05, 0) is 42.5 Å². The Hall–Kier alpha value is -3.25. The molecule has 0 aliphatic rings. The quantitative estimate of drug-likeness (QED) is 0.575. The van der Waals surface area contributed by atoms with Crippen molar-refractivity contribution < 1.29 is 14.3 Å². The highest BCUT2D eigenvalue weighted by Gasteiger charge is 2.11. The van der Waals surface area contributed by atoms with Crippen molar-refractivity contribution in [1.82, 2.24) is 9.88 Å². The third-order valence-corrected chi connectivity index (χ3v) is 4.37. The second-order valence-electron chi connectivity index (χ2n) is 6.27. The van der Waals surface area contributed by atoms with Gasteiger partial charge in [0, 0.05) is 18.9 Å². The van der Waals surface area contributed by atoms with Gasteiger partial charge in [0.1, 0.15) is 24.7 Å². The summed E-state index contributed by atoms with van der Waals surface area (Å²) >= 11 is 6.28. The first kappa shape index (κ1) is 20.5. The summed E-state index contributed by atoms with van der Waals surface area (Å²) in [6.45, 7) is 1.16. The molecular formula is C22H22ClN3O3. The number of amides is 2. The molecule has 0 saturated carbocycles. The van der Waals surface area contributed by atoms with E-state index in [1.165, 1.54) is 0 Å². The molecule has 0 radical (unpaired) electrons. The third kappa shape index (κ3) is 6.40. The van der Waals surface area contributed by atoms with Crippen molar-refractivity contribution in [2.75, 3.05) is 25.5 Å². The van der Waals surface area contributed by atoms with E-state index in [9.17, 15) is 4.79 Å². The van der Waals surface area contributed by atoms with Crippen LogP contribution in [0.25, 0.3) is 0 Å². The van der Waals surface area contributed by atoms with Gasteiger partial charge in [0.15, 0.2) is 0 Å². The molecule has 0 saturated heterocycles. The molecule has 0 unspecified atom stereocenters.